The Hall–Kier alpha value is -1.63. The summed E-state index contributed by atoms with van der Waals surface area (Å²) < 4.78 is 46.0. The van der Waals surface area contributed by atoms with Crippen LogP contribution >= 0.6 is 11.6 Å². The Labute approximate surface area is 137 Å². The molecule has 1 unspecified atom stereocenters. The fraction of sp³-hybridized carbons (Fsp3) is 0.533. The van der Waals surface area contributed by atoms with Crippen LogP contribution in [-0.2, 0) is 4.79 Å². The SMILES string of the molecule is O=C(CCl)N1CCCC(COc2cccc(OC(F)(F)F)c2)C1. The third-order valence-corrected chi connectivity index (χ3v) is 3.74. The molecule has 0 spiro atoms. The third-order valence-electron chi connectivity index (χ3n) is 3.51. The van der Waals surface area contributed by atoms with Gasteiger partial charge in [0, 0.05) is 25.1 Å². The molecule has 1 atom stereocenters. The summed E-state index contributed by atoms with van der Waals surface area (Å²) in [6, 6.07) is 5.40. The highest BCUT2D eigenvalue weighted by Gasteiger charge is 2.31. The third kappa shape index (κ3) is 5.82. The molecular weight excluding hydrogens is 335 g/mol. The minimum Gasteiger partial charge on any atom is -0.493 e. The van der Waals surface area contributed by atoms with Gasteiger partial charge in [-0.1, -0.05) is 6.07 Å². The lowest BCUT2D eigenvalue weighted by molar-refractivity contribution is -0.274. The van der Waals surface area contributed by atoms with Crippen molar-refractivity contribution in [1.82, 2.24) is 4.90 Å². The molecule has 1 amide bonds. The Balaban J connectivity index is 1.88. The van der Waals surface area contributed by atoms with Gasteiger partial charge in [0.2, 0.25) is 5.91 Å². The fourth-order valence-electron chi connectivity index (χ4n) is 2.49. The zero-order valence-corrected chi connectivity index (χ0v) is 13.1. The van der Waals surface area contributed by atoms with E-state index in [9.17, 15) is 18.0 Å². The largest absolute Gasteiger partial charge is 0.573 e. The van der Waals surface area contributed by atoms with Crippen LogP contribution < -0.4 is 9.47 Å². The van der Waals surface area contributed by atoms with Gasteiger partial charge in [-0.15, -0.1) is 24.8 Å². The van der Waals surface area contributed by atoms with Crippen LogP contribution in [0.4, 0.5) is 13.2 Å². The number of hydrogen-bond donors (Lipinski definition) is 0. The number of alkyl halides is 4. The average Bonchev–Trinajstić information content (AvgIpc) is 2.51. The van der Waals surface area contributed by atoms with Crippen LogP contribution in [-0.4, -0.2) is 42.7 Å². The molecule has 8 heteroatoms. The summed E-state index contributed by atoms with van der Waals surface area (Å²) in [4.78, 5) is 13.3. The van der Waals surface area contributed by atoms with Gasteiger partial charge in [-0.3, -0.25) is 4.79 Å². The van der Waals surface area contributed by atoms with E-state index < -0.39 is 6.36 Å². The van der Waals surface area contributed by atoms with E-state index in [0.717, 1.165) is 12.8 Å². The van der Waals surface area contributed by atoms with Crippen LogP contribution in [0.2, 0.25) is 0 Å². The number of carbonyl (C=O) groups is 1. The summed E-state index contributed by atoms with van der Waals surface area (Å²) in [7, 11) is 0. The van der Waals surface area contributed by atoms with Gasteiger partial charge in [0.25, 0.3) is 0 Å². The summed E-state index contributed by atoms with van der Waals surface area (Å²) in [5.41, 5.74) is 0. The maximum absolute atomic E-state index is 12.2. The highest BCUT2D eigenvalue weighted by atomic mass is 35.5. The van der Waals surface area contributed by atoms with Crippen LogP contribution in [0.3, 0.4) is 0 Å². The number of halogens is 4. The lowest BCUT2D eigenvalue weighted by Gasteiger charge is -2.32. The van der Waals surface area contributed by atoms with Gasteiger partial charge in [-0.25, -0.2) is 0 Å². The van der Waals surface area contributed by atoms with Gasteiger partial charge < -0.3 is 14.4 Å². The molecule has 1 aromatic carbocycles. The number of carbonyl (C=O) groups excluding carboxylic acids is 1. The van der Waals surface area contributed by atoms with Gasteiger partial charge in [0.05, 0.1) is 6.61 Å². The van der Waals surface area contributed by atoms with Crippen molar-refractivity contribution < 1.29 is 27.4 Å². The maximum Gasteiger partial charge on any atom is 0.573 e. The second-order valence-electron chi connectivity index (χ2n) is 5.32. The van der Waals surface area contributed by atoms with E-state index in [1.807, 2.05) is 0 Å². The van der Waals surface area contributed by atoms with E-state index in [1.54, 1.807) is 11.0 Å². The number of benzene rings is 1. The van der Waals surface area contributed by atoms with Crippen molar-refractivity contribution in [3.05, 3.63) is 24.3 Å². The summed E-state index contributed by atoms with van der Waals surface area (Å²) in [5.74, 6) is -0.0603. The first-order valence-corrected chi connectivity index (χ1v) is 7.73. The van der Waals surface area contributed by atoms with Crippen molar-refractivity contribution in [3.8, 4) is 11.5 Å². The Morgan fingerprint density at radius 2 is 2.09 bits per heavy atom. The molecule has 0 radical (unpaired) electrons. The van der Waals surface area contributed by atoms with Gasteiger partial charge >= 0.3 is 6.36 Å². The molecule has 23 heavy (non-hydrogen) atoms. The molecule has 0 bridgehead atoms. The van der Waals surface area contributed by atoms with Crippen molar-refractivity contribution in [3.63, 3.8) is 0 Å². The van der Waals surface area contributed by atoms with E-state index in [1.165, 1.54) is 18.2 Å². The molecule has 1 heterocycles. The number of ether oxygens (including phenoxy) is 2. The zero-order chi connectivity index (χ0) is 16.9. The molecule has 0 aliphatic carbocycles. The monoisotopic (exact) mass is 351 g/mol. The fourth-order valence-corrected chi connectivity index (χ4v) is 2.66. The van der Waals surface area contributed by atoms with Gasteiger partial charge in [0.15, 0.2) is 0 Å². The lowest BCUT2D eigenvalue weighted by Crippen LogP contribution is -2.42. The van der Waals surface area contributed by atoms with Crippen LogP contribution in [0.25, 0.3) is 0 Å². The molecule has 1 aliphatic heterocycles. The lowest BCUT2D eigenvalue weighted by atomic mass is 9.99. The highest BCUT2D eigenvalue weighted by Crippen LogP contribution is 2.27. The van der Waals surface area contributed by atoms with E-state index in [-0.39, 0.29) is 23.5 Å². The van der Waals surface area contributed by atoms with E-state index in [4.69, 9.17) is 16.3 Å². The minimum absolute atomic E-state index is 0.0512. The molecule has 0 aromatic heterocycles. The topological polar surface area (TPSA) is 38.8 Å². The average molecular weight is 352 g/mol. The Kier molecular flexibility index (Phi) is 5.98. The van der Waals surface area contributed by atoms with Crippen molar-refractivity contribution in [1.29, 1.82) is 0 Å². The van der Waals surface area contributed by atoms with Crippen molar-refractivity contribution >= 4 is 17.5 Å². The quantitative estimate of drug-likeness (QED) is 0.763. The Morgan fingerprint density at radius 1 is 1.35 bits per heavy atom. The number of piperidine rings is 1. The van der Waals surface area contributed by atoms with Crippen LogP contribution in [0.15, 0.2) is 24.3 Å². The number of hydrogen-bond acceptors (Lipinski definition) is 3. The van der Waals surface area contributed by atoms with E-state index in [0.29, 0.717) is 25.4 Å². The number of rotatable bonds is 5. The molecule has 1 fully saturated rings. The van der Waals surface area contributed by atoms with Crippen LogP contribution in [0.1, 0.15) is 12.8 Å². The molecular formula is C15H17ClF3NO3. The van der Waals surface area contributed by atoms with Gasteiger partial charge in [0.1, 0.15) is 17.4 Å². The Bertz CT molecular complexity index is 539. The van der Waals surface area contributed by atoms with Crippen LogP contribution in [0.5, 0.6) is 11.5 Å². The summed E-state index contributed by atoms with van der Waals surface area (Å²) in [5, 5.41) is 0. The standard InChI is InChI=1S/C15H17ClF3NO3/c16-8-14(21)20-6-2-3-11(9-20)10-22-12-4-1-5-13(7-12)23-15(17,18)19/h1,4-5,7,11H,2-3,6,8-10H2. The first-order chi connectivity index (χ1) is 10.9. The second kappa shape index (κ2) is 7.77. The highest BCUT2D eigenvalue weighted by molar-refractivity contribution is 6.27. The number of amides is 1. The Morgan fingerprint density at radius 3 is 2.78 bits per heavy atom. The second-order valence-corrected chi connectivity index (χ2v) is 5.58. The zero-order valence-electron chi connectivity index (χ0n) is 12.3. The van der Waals surface area contributed by atoms with Crippen molar-refractivity contribution in [2.45, 2.75) is 19.2 Å². The minimum atomic E-state index is -4.73. The number of nitrogens with zero attached hydrogens (tertiary/aromatic N) is 1. The molecule has 0 saturated carbocycles. The first kappa shape index (κ1) is 17.7. The predicted molar refractivity (Wildman–Crippen MR) is 78.6 cm³/mol. The van der Waals surface area contributed by atoms with Gasteiger partial charge in [-0.05, 0) is 25.0 Å². The molecule has 4 nitrogen and oxygen atoms in total. The first-order valence-electron chi connectivity index (χ1n) is 7.20. The normalized spacial score (nSPS) is 18.6. The predicted octanol–water partition coefficient (Wildman–Crippen LogP) is 3.44. The molecule has 1 saturated heterocycles. The molecule has 0 N–H and O–H groups in total. The number of likely N-dealkylation sites (tertiary alicyclic amines) is 1. The maximum atomic E-state index is 12.2. The van der Waals surface area contributed by atoms with Crippen LogP contribution in [0, 0.1) is 5.92 Å². The summed E-state index contributed by atoms with van der Waals surface area (Å²) >= 11 is 5.55. The molecule has 1 aromatic rings. The van der Waals surface area contributed by atoms with Gasteiger partial charge in [-0.2, -0.15) is 0 Å². The van der Waals surface area contributed by atoms with E-state index >= 15 is 0 Å². The molecule has 2 rings (SSSR count). The summed E-state index contributed by atoms with van der Waals surface area (Å²) in [6.45, 7) is 1.54. The molecule has 1 aliphatic rings. The van der Waals surface area contributed by atoms with E-state index in [2.05, 4.69) is 4.74 Å². The van der Waals surface area contributed by atoms with Crippen molar-refractivity contribution in [2.24, 2.45) is 5.92 Å². The smallest absolute Gasteiger partial charge is 0.493 e. The molecule has 128 valence electrons. The van der Waals surface area contributed by atoms with Crippen molar-refractivity contribution in [2.75, 3.05) is 25.6 Å². The summed E-state index contributed by atoms with van der Waals surface area (Å²) in [6.07, 6.45) is -2.98.